The van der Waals surface area contributed by atoms with Crippen LogP contribution in [0.25, 0.3) is 11.1 Å². The van der Waals surface area contributed by atoms with E-state index >= 15 is 0 Å². The van der Waals surface area contributed by atoms with Crippen molar-refractivity contribution in [1.29, 1.82) is 0 Å². The molecule has 0 bridgehead atoms. The molecule has 4 rings (SSSR count). The molecular formula is C26H30F3N5O3. The molecule has 198 valence electrons. The smallest absolute Gasteiger partial charge is 0.475 e. The molecule has 0 radical (unpaired) electrons. The van der Waals surface area contributed by atoms with Crippen molar-refractivity contribution in [3.8, 4) is 11.1 Å². The Balaban J connectivity index is 0.000000479. The third-order valence-corrected chi connectivity index (χ3v) is 5.77. The van der Waals surface area contributed by atoms with Gasteiger partial charge < -0.3 is 19.5 Å². The van der Waals surface area contributed by atoms with E-state index in [1.807, 2.05) is 67.5 Å². The molecule has 0 atom stereocenters. The summed E-state index contributed by atoms with van der Waals surface area (Å²) in [6, 6.07) is 12.1. The van der Waals surface area contributed by atoms with Crippen molar-refractivity contribution in [3.05, 3.63) is 66.2 Å². The zero-order valence-corrected chi connectivity index (χ0v) is 20.9. The van der Waals surface area contributed by atoms with Gasteiger partial charge in [-0.2, -0.15) is 13.2 Å². The molecule has 1 fully saturated rings. The third-order valence-electron chi connectivity index (χ3n) is 5.77. The number of carboxylic acid groups (broad SMARTS) is 1. The number of anilines is 1. The van der Waals surface area contributed by atoms with E-state index in [1.54, 1.807) is 0 Å². The van der Waals surface area contributed by atoms with Gasteiger partial charge in [-0.25, -0.2) is 14.8 Å². The summed E-state index contributed by atoms with van der Waals surface area (Å²) in [6.07, 6.45) is 3.13. The summed E-state index contributed by atoms with van der Waals surface area (Å²) in [5, 5.41) is 7.12. The maximum atomic E-state index is 13.5. The summed E-state index contributed by atoms with van der Waals surface area (Å²) in [4.78, 5) is 35.0. The quantitative estimate of drug-likeness (QED) is 0.465. The van der Waals surface area contributed by atoms with Crippen molar-refractivity contribution >= 4 is 17.8 Å². The molecule has 2 aromatic heterocycles. The fourth-order valence-corrected chi connectivity index (χ4v) is 3.57. The van der Waals surface area contributed by atoms with Gasteiger partial charge in [0.25, 0.3) is 5.91 Å². The molecule has 11 heteroatoms. The van der Waals surface area contributed by atoms with E-state index in [2.05, 4.69) is 32.9 Å². The van der Waals surface area contributed by atoms with Crippen molar-refractivity contribution in [2.75, 3.05) is 25.5 Å². The van der Waals surface area contributed by atoms with Crippen LogP contribution in [0.5, 0.6) is 0 Å². The largest absolute Gasteiger partial charge is 0.490 e. The number of nitrogens with zero attached hydrogens (tertiary/aromatic N) is 5. The number of aliphatic carboxylic acids is 1. The molecule has 2 heterocycles. The van der Waals surface area contributed by atoms with E-state index in [-0.39, 0.29) is 5.91 Å². The number of halogens is 3. The lowest BCUT2D eigenvalue weighted by molar-refractivity contribution is -0.192. The number of rotatable bonds is 8. The second kappa shape index (κ2) is 11.9. The minimum atomic E-state index is -5.08. The minimum Gasteiger partial charge on any atom is -0.475 e. The van der Waals surface area contributed by atoms with Gasteiger partial charge >= 0.3 is 12.1 Å². The third kappa shape index (κ3) is 7.80. The highest BCUT2D eigenvalue weighted by Gasteiger charge is 2.38. The number of carbonyl (C=O) groups is 2. The molecule has 1 aliphatic rings. The Bertz CT molecular complexity index is 1190. The fraction of sp³-hybridized carbons (Fsp3) is 0.385. The lowest BCUT2D eigenvalue weighted by atomic mass is 10.1. The normalized spacial score (nSPS) is 12.9. The van der Waals surface area contributed by atoms with Crippen LogP contribution in [0.3, 0.4) is 0 Å². The number of aromatic nitrogens is 3. The second-order valence-electron chi connectivity index (χ2n) is 8.98. The average molecular weight is 518 g/mol. The minimum absolute atomic E-state index is 0.0686. The molecule has 37 heavy (non-hydrogen) atoms. The highest BCUT2D eigenvalue weighted by Crippen LogP contribution is 2.33. The van der Waals surface area contributed by atoms with Crippen LogP contribution in [0.4, 0.5) is 19.1 Å². The Morgan fingerprint density at radius 2 is 1.68 bits per heavy atom. The maximum absolute atomic E-state index is 13.5. The maximum Gasteiger partial charge on any atom is 0.490 e. The van der Waals surface area contributed by atoms with Crippen LogP contribution in [0.2, 0.25) is 0 Å². The van der Waals surface area contributed by atoms with Gasteiger partial charge in [-0.05, 0) is 37.3 Å². The van der Waals surface area contributed by atoms with E-state index in [4.69, 9.17) is 9.90 Å². The topological polar surface area (TPSA) is 91.6 Å². The van der Waals surface area contributed by atoms with Crippen LogP contribution >= 0.6 is 0 Å². The molecule has 1 N–H and O–H groups in total. The molecule has 1 aliphatic carbocycles. The molecule has 3 aromatic rings. The van der Waals surface area contributed by atoms with Gasteiger partial charge in [-0.1, -0.05) is 30.3 Å². The number of amides is 1. The molecule has 1 amide bonds. The van der Waals surface area contributed by atoms with Gasteiger partial charge in [0.2, 0.25) is 5.95 Å². The number of hydrogen-bond acceptors (Lipinski definition) is 5. The van der Waals surface area contributed by atoms with Crippen molar-refractivity contribution in [2.45, 2.75) is 39.0 Å². The zero-order valence-electron chi connectivity index (χ0n) is 20.9. The molecule has 0 aliphatic heterocycles. The highest BCUT2D eigenvalue weighted by molar-refractivity contribution is 5.94. The van der Waals surface area contributed by atoms with E-state index in [1.165, 1.54) is 12.8 Å². The van der Waals surface area contributed by atoms with Gasteiger partial charge in [-0.15, -0.1) is 0 Å². The van der Waals surface area contributed by atoms with E-state index in [9.17, 15) is 18.0 Å². The Hall–Kier alpha value is -3.89. The van der Waals surface area contributed by atoms with Crippen LogP contribution < -0.4 is 4.90 Å². The standard InChI is InChI=1S/C24H29N5O.C2HF3O2/c1-4-28(15-18-8-6-5-7-9-18)23(30)22-12-20(17-29(22)16-19-10-11-19)21-13-25-24(26-14-21)27(2)3;3-2(4,5)1(6)7/h5-9,12-14,17,19H,4,10-11,15-16H2,1-3H3;(H,6,7). The summed E-state index contributed by atoms with van der Waals surface area (Å²) in [5.41, 5.74) is 3.79. The van der Waals surface area contributed by atoms with Crippen molar-refractivity contribution in [1.82, 2.24) is 19.4 Å². The summed E-state index contributed by atoms with van der Waals surface area (Å²) in [6.45, 7) is 4.20. The molecule has 1 aromatic carbocycles. The summed E-state index contributed by atoms with van der Waals surface area (Å²) in [7, 11) is 3.84. The average Bonchev–Trinajstić information content (AvgIpc) is 3.59. The SMILES string of the molecule is CCN(Cc1ccccc1)C(=O)c1cc(-c2cnc(N(C)C)nc2)cn1CC1CC1.O=C(O)C(F)(F)F. The van der Waals surface area contributed by atoms with Gasteiger partial charge in [0.05, 0.1) is 0 Å². The van der Waals surface area contributed by atoms with E-state index < -0.39 is 12.1 Å². The number of alkyl halides is 3. The van der Waals surface area contributed by atoms with Gasteiger partial charge in [-0.3, -0.25) is 4.79 Å². The number of benzene rings is 1. The van der Waals surface area contributed by atoms with Gasteiger partial charge in [0, 0.05) is 63.4 Å². The Labute approximate surface area is 213 Å². The summed E-state index contributed by atoms with van der Waals surface area (Å²) >= 11 is 0. The van der Waals surface area contributed by atoms with Crippen LogP contribution in [0.1, 0.15) is 35.8 Å². The monoisotopic (exact) mass is 517 g/mol. The lowest BCUT2D eigenvalue weighted by Crippen LogP contribution is -2.32. The van der Waals surface area contributed by atoms with Crippen LogP contribution in [-0.4, -0.2) is 63.2 Å². The predicted molar refractivity (Wildman–Crippen MR) is 133 cm³/mol. The molecular weight excluding hydrogens is 487 g/mol. The number of carboxylic acids is 1. The first-order valence-electron chi connectivity index (χ1n) is 11.8. The van der Waals surface area contributed by atoms with Crippen molar-refractivity contribution in [2.24, 2.45) is 5.92 Å². The lowest BCUT2D eigenvalue weighted by Gasteiger charge is -2.22. The fourth-order valence-electron chi connectivity index (χ4n) is 3.57. The number of carbonyl (C=O) groups excluding carboxylic acids is 1. The van der Waals surface area contributed by atoms with Crippen LogP contribution in [-0.2, 0) is 17.9 Å². The van der Waals surface area contributed by atoms with Crippen LogP contribution in [0.15, 0.2) is 55.0 Å². The summed E-state index contributed by atoms with van der Waals surface area (Å²) in [5.74, 6) is -1.34. The molecule has 1 saturated carbocycles. The molecule has 0 saturated heterocycles. The van der Waals surface area contributed by atoms with Crippen LogP contribution in [0, 0.1) is 5.92 Å². The van der Waals surface area contributed by atoms with Crippen molar-refractivity contribution < 1.29 is 27.9 Å². The molecule has 0 spiro atoms. The summed E-state index contributed by atoms with van der Waals surface area (Å²) < 4.78 is 33.9. The highest BCUT2D eigenvalue weighted by atomic mass is 19.4. The first-order chi connectivity index (χ1) is 17.5. The second-order valence-corrected chi connectivity index (χ2v) is 8.98. The molecule has 8 nitrogen and oxygen atoms in total. The van der Waals surface area contributed by atoms with E-state index in [0.29, 0.717) is 25.0 Å². The van der Waals surface area contributed by atoms with Gasteiger partial charge in [0.15, 0.2) is 0 Å². The molecule has 0 unspecified atom stereocenters. The first kappa shape index (κ1) is 27.7. The Kier molecular flexibility index (Phi) is 8.90. The zero-order chi connectivity index (χ0) is 27.2. The van der Waals surface area contributed by atoms with Crippen molar-refractivity contribution in [3.63, 3.8) is 0 Å². The number of hydrogen-bond donors (Lipinski definition) is 1. The van der Waals surface area contributed by atoms with E-state index in [0.717, 1.165) is 28.9 Å². The predicted octanol–water partition coefficient (Wildman–Crippen LogP) is 4.72. The Morgan fingerprint density at radius 3 is 2.16 bits per heavy atom. The van der Waals surface area contributed by atoms with Gasteiger partial charge in [0.1, 0.15) is 5.69 Å². The Morgan fingerprint density at radius 1 is 1.08 bits per heavy atom. The first-order valence-corrected chi connectivity index (χ1v) is 11.8.